The van der Waals surface area contributed by atoms with Crippen LogP contribution < -0.4 is 0 Å². The van der Waals surface area contributed by atoms with Crippen LogP contribution in [0.4, 0.5) is 0 Å². The number of benzene rings is 1. The molecule has 0 aromatic heterocycles. The number of carbonyl (C=O) groups excluding carboxylic acids is 2. The lowest BCUT2D eigenvalue weighted by molar-refractivity contribution is -0.141. The van der Waals surface area contributed by atoms with E-state index in [1.54, 1.807) is 4.90 Å². The lowest BCUT2D eigenvalue weighted by Crippen LogP contribution is -2.33. The van der Waals surface area contributed by atoms with Gasteiger partial charge in [-0.25, -0.2) is 0 Å². The molecule has 0 radical (unpaired) electrons. The van der Waals surface area contributed by atoms with Crippen molar-refractivity contribution in [1.29, 1.82) is 0 Å². The summed E-state index contributed by atoms with van der Waals surface area (Å²) in [5, 5.41) is 0. The summed E-state index contributed by atoms with van der Waals surface area (Å²) in [7, 11) is 1.35. The number of hydrogen-bond acceptors (Lipinski definition) is 3. The Bertz CT molecular complexity index is 426. The van der Waals surface area contributed by atoms with Crippen molar-refractivity contribution >= 4 is 11.9 Å². The summed E-state index contributed by atoms with van der Waals surface area (Å²) in [4.78, 5) is 24.3. The highest BCUT2D eigenvalue weighted by Gasteiger charge is 2.11. The number of aryl methyl sites for hydroxylation is 1. The standard InChI is InChI=1S/C15H21NO3/c1-12-4-6-14(7-5-12)8-10-16(13(2)17)11-9-15(18)19-3/h4-7H,8-11H2,1-3H3. The SMILES string of the molecule is COC(=O)CCN(CCc1ccc(C)cc1)C(C)=O. The van der Waals surface area contributed by atoms with E-state index in [2.05, 4.69) is 29.0 Å². The minimum absolute atomic E-state index is 0.0176. The number of rotatable bonds is 6. The third-order valence-electron chi connectivity index (χ3n) is 3.05. The number of hydrogen-bond donors (Lipinski definition) is 0. The first-order valence-corrected chi connectivity index (χ1v) is 6.41. The van der Waals surface area contributed by atoms with Gasteiger partial charge in [0.1, 0.15) is 0 Å². The highest BCUT2D eigenvalue weighted by atomic mass is 16.5. The van der Waals surface area contributed by atoms with E-state index in [9.17, 15) is 9.59 Å². The maximum Gasteiger partial charge on any atom is 0.307 e. The zero-order valence-corrected chi connectivity index (χ0v) is 11.8. The summed E-state index contributed by atoms with van der Waals surface area (Å²) in [5.41, 5.74) is 2.41. The molecule has 1 aromatic carbocycles. The Morgan fingerprint density at radius 2 is 1.79 bits per heavy atom. The normalized spacial score (nSPS) is 10.1. The summed E-state index contributed by atoms with van der Waals surface area (Å²) in [6, 6.07) is 8.24. The van der Waals surface area contributed by atoms with Crippen molar-refractivity contribution in [3.8, 4) is 0 Å². The highest BCUT2D eigenvalue weighted by molar-refractivity contribution is 5.75. The van der Waals surface area contributed by atoms with Gasteiger partial charge in [-0.2, -0.15) is 0 Å². The van der Waals surface area contributed by atoms with Gasteiger partial charge in [-0.3, -0.25) is 9.59 Å². The van der Waals surface area contributed by atoms with Crippen molar-refractivity contribution in [2.24, 2.45) is 0 Å². The van der Waals surface area contributed by atoms with Gasteiger partial charge in [-0.1, -0.05) is 29.8 Å². The van der Waals surface area contributed by atoms with Gasteiger partial charge < -0.3 is 9.64 Å². The Morgan fingerprint density at radius 3 is 2.32 bits per heavy atom. The summed E-state index contributed by atoms with van der Waals surface area (Å²) in [5.74, 6) is -0.308. The van der Waals surface area contributed by atoms with Gasteiger partial charge in [0.25, 0.3) is 0 Å². The molecule has 1 amide bonds. The number of amides is 1. The maximum absolute atomic E-state index is 11.5. The fourth-order valence-corrected chi connectivity index (χ4v) is 1.77. The lowest BCUT2D eigenvalue weighted by Gasteiger charge is -2.20. The molecule has 104 valence electrons. The quantitative estimate of drug-likeness (QED) is 0.737. The molecule has 0 unspecified atom stereocenters. The Balaban J connectivity index is 2.47. The molecule has 0 aliphatic carbocycles. The van der Waals surface area contributed by atoms with E-state index >= 15 is 0 Å². The number of esters is 1. The summed E-state index contributed by atoms with van der Waals surface area (Å²) in [6.07, 6.45) is 1.03. The number of methoxy groups -OCH3 is 1. The number of carbonyl (C=O) groups is 2. The highest BCUT2D eigenvalue weighted by Crippen LogP contribution is 2.05. The second kappa shape index (κ2) is 7.56. The molecule has 0 heterocycles. The van der Waals surface area contributed by atoms with Crippen LogP contribution in [-0.4, -0.2) is 37.0 Å². The molecule has 0 N–H and O–H groups in total. The van der Waals surface area contributed by atoms with Crippen LogP contribution in [0.15, 0.2) is 24.3 Å². The summed E-state index contributed by atoms with van der Waals surface area (Å²) < 4.78 is 4.58. The molecule has 0 fully saturated rings. The predicted molar refractivity (Wildman–Crippen MR) is 73.8 cm³/mol. The monoisotopic (exact) mass is 263 g/mol. The minimum atomic E-state index is -0.290. The second-order valence-electron chi connectivity index (χ2n) is 4.57. The van der Waals surface area contributed by atoms with Gasteiger partial charge in [0.2, 0.25) is 5.91 Å². The Morgan fingerprint density at radius 1 is 1.16 bits per heavy atom. The van der Waals surface area contributed by atoms with Crippen molar-refractivity contribution < 1.29 is 14.3 Å². The van der Waals surface area contributed by atoms with E-state index in [0.29, 0.717) is 13.1 Å². The van der Waals surface area contributed by atoms with Crippen LogP contribution in [0, 0.1) is 6.92 Å². The van der Waals surface area contributed by atoms with E-state index < -0.39 is 0 Å². The Hall–Kier alpha value is -1.84. The van der Waals surface area contributed by atoms with Gasteiger partial charge in [0, 0.05) is 20.0 Å². The molecule has 0 aliphatic rings. The molecule has 0 atom stereocenters. The minimum Gasteiger partial charge on any atom is -0.469 e. The van der Waals surface area contributed by atoms with Crippen LogP contribution in [0.2, 0.25) is 0 Å². The van der Waals surface area contributed by atoms with Gasteiger partial charge in [0.05, 0.1) is 13.5 Å². The van der Waals surface area contributed by atoms with E-state index in [1.807, 2.05) is 6.92 Å². The third kappa shape index (κ3) is 5.55. The zero-order valence-electron chi connectivity index (χ0n) is 11.8. The fourth-order valence-electron chi connectivity index (χ4n) is 1.77. The molecule has 4 heteroatoms. The smallest absolute Gasteiger partial charge is 0.307 e. The second-order valence-corrected chi connectivity index (χ2v) is 4.57. The third-order valence-corrected chi connectivity index (χ3v) is 3.05. The van der Waals surface area contributed by atoms with E-state index in [0.717, 1.165) is 6.42 Å². The first-order valence-electron chi connectivity index (χ1n) is 6.41. The van der Waals surface area contributed by atoms with E-state index in [-0.39, 0.29) is 18.3 Å². The van der Waals surface area contributed by atoms with Crippen LogP contribution in [-0.2, 0) is 20.7 Å². The molecule has 4 nitrogen and oxygen atoms in total. The van der Waals surface area contributed by atoms with Gasteiger partial charge in [-0.15, -0.1) is 0 Å². The molecule has 0 aliphatic heterocycles. The largest absolute Gasteiger partial charge is 0.469 e. The topological polar surface area (TPSA) is 46.6 Å². The molecule has 0 saturated heterocycles. The molecule has 0 saturated carbocycles. The lowest BCUT2D eigenvalue weighted by atomic mass is 10.1. The number of ether oxygens (including phenoxy) is 1. The van der Waals surface area contributed by atoms with Crippen LogP contribution in [0.3, 0.4) is 0 Å². The average Bonchev–Trinajstić information content (AvgIpc) is 2.39. The molecule has 1 aromatic rings. The molecule has 0 bridgehead atoms. The van der Waals surface area contributed by atoms with Crippen LogP contribution >= 0.6 is 0 Å². The Kier molecular flexibility index (Phi) is 6.06. The number of nitrogens with zero attached hydrogens (tertiary/aromatic N) is 1. The van der Waals surface area contributed by atoms with Crippen molar-refractivity contribution in [3.05, 3.63) is 35.4 Å². The molecule has 1 rings (SSSR count). The molecule has 0 spiro atoms. The van der Waals surface area contributed by atoms with Gasteiger partial charge in [0.15, 0.2) is 0 Å². The van der Waals surface area contributed by atoms with Crippen LogP contribution in [0.5, 0.6) is 0 Å². The maximum atomic E-state index is 11.5. The van der Waals surface area contributed by atoms with Crippen molar-refractivity contribution in [2.45, 2.75) is 26.7 Å². The Labute approximate surface area is 114 Å². The van der Waals surface area contributed by atoms with Crippen molar-refractivity contribution in [1.82, 2.24) is 4.90 Å². The van der Waals surface area contributed by atoms with Gasteiger partial charge in [-0.05, 0) is 18.9 Å². The van der Waals surface area contributed by atoms with Crippen LogP contribution in [0.25, 0.3) is 0 Å². The molecular formula is C15H21NO3. The summed E-state index contributed by atoms with van der Waals surface area (Å²) in [6.45, 7) is 4.59. The van der Waals surface area contributed by atoms with Crippen molar-refractivity contribution in [2.75, 3.05) is 20.2 Å². The van der Waals surface area contributed by atoms with E-state index in [1.165, 1.54) is 25.2 Å². The first kappa shape index (κ1) is 15.2. The van der Waals surface area contributed by atoms with Crippen LogP contribution in [0.1, 0.15) is 24.5 Å². The van der Waals surface area contributed by atoms with Crippen molar-refractivity contribution in [3.63, 3.8) is 0 Å². The van der Waals surface area contributed by atoms with Gasteiger partial charge >= 0.3 is 5.97 Å². The zero-order chi connectivity index (χ0) is 14.3. The molecule has 19 heavy (non-hydrogen) atoms. The summed E-state index contributed by atoms with van der Waals surface area (Å²) >= 11 is 0. The first-order chi connectivity index (χ1) is 9.02. The fraction of sp³-hybridized carbons (Fsp3) is 0.467. The predicted octanol–water partition coefficient (Wildman–Crippen LogP) is 1.95. The average molecular weight is 263 g/mol. The molecular weight excluding hydrogens is 242 g/mol. The van der Waals surface area contributed by atoms with E-state index in [4.69, 9.17) is 0 Å².